The normalized spacial score (nSPS) is 14.1. The molecule has 0 unspecified atom stereocenters. The number of carbonyl (C=O) groups is 1. The maximum atomic E-state index is 13.0. The summed E-state index contributed by atoms with van der Waals surface area (Å²) in [6.45, 7) is 4.64. The van der Waals surface area contributed by atoms with Crippen molar-refractivity contribution in [3.63, 3.8) is 0 Å². The molecular weight excluding hydrogens is 430 g/mol. The highest BCUT2D eigenvalue weighted by molar-refractivity contribution is 9.10. The van der Waals surface area contributed by atoms with Crippen LogP contribution in [0.1, 0.15) is 32.6 Å². The van der Waals surface area contributed by atoms with Gasteiger partial charge in [0.15, 0.2) is 5.16 Å². The number of ether oxygens (including phenoxy) is 1. The fraction of sp³-hybridized carbons (Fsp3) is 0.526. The van der Waals surface area contributed by atoms with E-state index in [1.165, 1.54) is 0 Å². The summed E-state index contributed by atoms with van der Waals surface area (Å²) in [5.74, 6) is 0.798. The molecule has 1 amide bonds. The van der Waals surface area contributed by atoms with E-state index in [1.54, 1.807) is 21.2 Å². The summed E-state index contributed by atoms with van der Waals surface area (Å²) in [7, 11) is 0. The van der Waals surface area contributed by atoms with Gasteiger partial charge in [-0.3, -0.25) is 9.36 Å². The predicted octanol–water partition coefficient (Wildman–Crippen LogP) is 4.28. The lowest BCUT2D eigenvalue weighted by Gasteiger charge is -2.14. The van der Waals surface area contributed by atoms with Gasteiger partial charge in [0.2, 0.25) is 0 Å². The number of benzene rings is 1. The van der Waals surface area contributed by atoms with Gasteiger partial charge in [0.1, 0.15) is 6.61 Å². The molecule has 3 rings (SSSR count). The van der Waals surface area contributed by atoms with Gasteiger partial charge < -0.3 is 9.64 Å². The van der Waals surface area contributed by atoms with Crippen LogP contribution >= 0.6 is 27.7 Å². The van der Waals surface area contributed by atoms with E-state index in [1.807, 2.05) is 18.2 Å². The standard InChI is InChI=1S/C19H24BrN3O3S/c1-2-3-4-9-23-17(24)15-13-14(20)6-7-16(15)21-18(23)27-12-5-8-22-10-11-26-19(22)25/h6-7,13H,2-5,8-12H2,1H3. The molecule has 0 spiro atoms. The van der Waals surface area contributed by atoms with Crippen LogP contribution < -0.4 is 5.56 Å². The molecule has 6 nitrogen and oxygen atoms in total. The summed E-state index contributed by atoms with van der Waals surface area (Å²) in [5.41, 5.74) is 0.739. The minimum atomic E-state index is -0.231. The number of cyclic esters (lactones) is 1. The maximum Gasteiger partial charge on any atom is 0.409 e. The van der Waals surface area contributed by atoms with E-state index in [4.69, 9.17) is 9.72 Å². The Morgan fingerprint density at radius 1 is 1.22 bits per heavy atom. The maximum absolute atomic E-state index is 13.0. The molecule has 2 aromatic rings. The Kier molecular flexibility index (Phi) is 7.18. The number of fused-ring (bicyclic) bond motifs is 1. The Hall–Kier alpha value is -1.54. The molecule has 0 bridgehead atoms. The van der Waals surface area contributed by atoms with E-state index < -0.39 is 0 Å². The van der Waals surface area contributed by atoms with Crippen molar-refractivity contribution in [1.82, 2.24) is 14.5 Å². The summed E-state index contributed by atoms with van der Waals surface area (Å²) in [4.78, 5) is 31.0. The molecule has 1 aliphatic rings. The van der Waals surface area contributed by atoms with Gasteiger partial charge in [-0.1, -0.05) is 47.5 Å². The molecule has 1 aromatic heterocycles. The van der Waals surface area contributed by atoms with Crippen LogP contribution in [0.4, 0.5) is 4.79 Å². The number of carbonyl (C=O) groups excluding carboxylic acids is 1. The lowest BCUT2D eigenvalue weighted by Crippen LogP contribution is -2.26. The molecule has 0 aliphatic carbocycles. The van der Waals surface area contributed by atoms with Gasteiger partial charge in [0.25, 0.3) is 5.56 Å². The van der Waals surface area contributed by atoms with Gasteiger partial charge in [0, 0.05) is 23.3 Å². The summed E-state index contributed by atoms with van der Waals surface area (Å²) in [6.07, 6.45) is 3.76. The van der Waals surface area contributed by atoms with Crippen molar-refractivity contribution >= 4 is 44.7 Å². The van der Waals surface area contributed by atoms with Crippen molar-refractivity contribution in [2.24, 2.45) is 0 Å². The molecule has 1 saturated heterocycles. The Bertz CT molecular complexity index is 871. The molecule has 0 saturated carbocycles. The predicted molar refractivity (Wildman–Crippen MR) is 111 cm³/mol. The van der Waals surface area contributed by atoms with Crippen LogP contribution in [0.3, 0.4) is 0 Å². The highest BCUT2D eigenvalue weighted by Gasteiger charge is 2.21. The number of unbranched alkanes of at least 4 members (excludes halogenated alkanes) is 2. The monoisotopic (exact) mass is 453 g/mol. The molecule has 2 heterocycles. The average Bonchev–Trinajstić information content (AvgIpc) is 3.06. The largest absolute Gasteiger partial charge is 0.448 e. The molecule has 0 atom stereocenters. The van der Waals surface area contributed by atoms with E-state index >= 15 is 0 Å². The van der Waals surface area contributed by atoms with Crippen LogP contribution in [0.15, 0.2) is 32.6 Å². The summed E-state index contributed by atoms with van der Waals surface area (Å²) < 4.78 is 7.63. The Balaban J connectivity index is 1.75. The third-order valence-corrected chi connectivity index (χ3v) is 6.07. The van der Waals surface area contributed by atoms with E-state index in [-0.39, 0.29) is 11.7 Å². The fourth-order valence-corrected chi connectivity index (χ4v) is 4.36. The first-order valence-electron chi connectivity index (χ1n) is 9.34. The van der Waals surface area contributed by atoms with Crippen molar-refractivity contribution in [3.05, 3.63) is 33.0 Å². The Labute approximate surface area is 171 Å². The molecule has 0 N–H and O–H groups in total. The topological polar surface area (TPSA) is 64.4 Å². The number of amides is 1. The van der Waals surface area contributed by atoms with E-state index in [9.17, 15) is 9.59 Å². The summed E-state index contributed by atoms with van der Waals surface area (Å²) >= 11 is 5.02. The molecule has 1 aliphatic heterocycles. The summed E-state index contributed by atoms with van der Waals surface area (Å²) in [6, 6.07) is 5.62. The zero-order chi connectivity index (χ0) is 19.2. The molecule has 1 aromatic carbocycles. The van der Waals surface area contributed by atoms with Gasteiger partial charge in [0.05, 0.1) is 17.4 Å². The van der Waals surface area contributed by atoms with Crippen molar-refractivity contribution in [3.8, 4) is 0 Å². The second kappa shape index (κ2) is 9.59. The van der Waals surface area contributed by atoms with Crippen LogP contribution in [0.5, 0.6) is 0 Å². The van der Waals surface area contributed by atoms with E-state index in [2.05, 4.69) is 22.9 Å². The SMILES string of the molecule is CCCCCn1c(SCCCN2CCOC2=O)nc2ccc(Br)cc2c1=O. The highest BCUT2D eigenvalue weighted by atomic mass is 79.9. The Morgan fingerprint density at radius 2 is 2.07 bits per heavy atom. The molecular formula is C19H24BrN3O3S. The Morgan fingerprint density at radius 3 is 2.81 bits per heavy atom. The third-order valence-electron chi connectivity index (χ3n) is 4.51. The lowest BCUT2D eigenvalue weighted by molar-refractivity contribution is 0.158. The second-order valence-corrected chi connectivity index (χ2v) is 8.50. The van der Waals surface area contributed by atoms with Crippen LogP contribution in [0.2, 0.25) is 0 Å². The van der Waals surface area contributed by atoms with E-state index in [0.29, 0.717) is 31.6 Å². The minimum absolute atomic E-state index is 0.0167. The number of rotatable bonds is 9. The molecule has 1 fully saturated rings. The zero-order valence-electron chi connectivity index (χ0n) is 15.4. The number of hydrogen-bond donors (Lipinski definition) is 0. The molecule has 146 valence electrons. The first-order chi connectivity index (χ1) is 13.1. The van der Waals surface area contributed by atoms with Gasteiger partial charge >= 0.3 is 6.09 Å². The summed E-state index contributed by atoms with van der Waals surface area (Å²) in [5, 5.41) is 1.40. The quantitative estimate of drug-likeness (QED) is 0.322. The van der Waals surface area contributed by atoms with Crippen molar-refractivity contribution < 1.29 is 9.53 Å². The number of hydrogen-bond acceptors (Lipinski definition) is 5. The first kappa shape index (κ1) is 20.2. The first-order valence-corrected chi connectivity index (χ1v) is 11.1. The van der Waals surface area contributed by atoms with Gasteiger partial charge in [-0.15, -0.1) is 0 Å². The second-order valence-electron chi connectivity index (χ2n) is 6.52. The average molecular weight is 454 g/mol. The fourth-order valence-electron chi connectivity index (χ4n) is 3.05. The van der Waals surface area contributed by atoms with E-state index in [0.717, 1.165) is 46.6 Å². The van der Waals surface area contributed by atoms with Gasteiger partial charge in [-0.05, 0) is 31.0 Å². The molecule has 8 heteroatoms. The smallest absolute Gasteiger partial charge is 0.409 e. The minimum Gasteiger partial charge on any atom is -0.448 e. The van der Waals surface area contributed by atoms with Crippen LogP contribution in [0, 0.1) is 0 Å². The number of halogens is 1. The van der Waals surface area contributed by atoms with Gasteiger partial charge in [-0.25, -0.2) is 9.78 Å². The lowest BCUT2D eigenvalue weighted by atomic mass is 10.2. The van der Waals surface area contributed by atoms with Crippen molar-refractivity contribution in [1.29, 1.82) is 0 Å². The van der Waals surface area contributed by atoms with Crippen molar-refractivity contribution in [2.75, 3.05) is 25.4 Å². The van der Waals surface area contributed by atoms with Gasteiger partial charge in [-0.2, -0.15) is 0 Å². The van der Waals surface area contributed by atoms with Crippen LogP contribution in [-0.4, -0.2) is 46.0 Å². The third kappa shape index (κ3) is 5.04. The highest BCUT2D eigenvalue weighted by Crippen LogP contribution is 2.22. The molecule has 0 radical (unpaired) electrons. The number of aromatic nitrogens is 2. The number of nitrogens with zero attached hydrogens (tertiary/aromatic N) is 3. The molecule has 27 heavy (non-hydrogen) atoms. The van der Waals surface area contributed by atoms with Crippen LogP contribution in [-0.2, 0) is 11.3 Å². The van der Waals surface area contributed by atoms with Crippen molar-refractivity contribution in [2.45, 2.75) is 44.3 Å². The van der Waals surface area contributed by atoms with Crippen LogP contribution in [0.25, 0.3) is 10.9 Å². The number of thioether (sulfide) groups is 1. The zero-order valence-corrected chi connectivity index (χ0v) is 17.9.